The van der Waals surface area contributed by atoms with E-state index >= 15 is 0 Å². The van der Waals surface area contributed by atoms with Crippen molar-refractivity contribution < 1.29 is 17.2 Å². The molecule has 0 bridgehead atoms. The van der Waals surface area contributed by atoms with Crippen LogP contribution >= 0.6 is 11.3 Å². The standard InChI is InChI=1S/C17H16FN3O3S2/c18-14-5-1-2-6-15(14)26(22,23)21-8-3-4-12(10-21)16-19-20-17(24-16)13-7-9-25-11-13/h1-2,5-7,9,11-12H,3-4,8,10H2/t12-/m0/s1. The van der Waals surface area contributed by atoms with Crippen molar-refractivity contribution in [2.75, 3.05) is 13.1 Å². The van der Waals surface area contributed by atoms with E-state index in [1.165, 1.54) is 33.8 Å². The van der Waals surface area contributed by atoms with Crippen LogP contribution in [0.25, 0.3) is 11.5 Å². The number of thiophene rings is 1. The van der Waals surface area contributed by atoms with Gasteiger partial charge in [-0.3, -0.25) is 0 Å². The summed E-state index contributed by atoms with van der Waals surface area (Å²) in [4.78, 5) is -0.301. The highest BCUT2D eigenvalue weighted by molar-refractivity contribution is 7.89. The van der Waals surface area contributed by atoms with Crippen molar-refractivity contribution in [2.45, 2.75) is 23.7 Å². The lowest BCUT2D eigenvalue weighted by Gasteiger charge is -2.30. The lowest BCUT2D eigenvalue weighted by Crippen LogP contribution is -2.39. The van der Waals surface area contributed by atoms with E-state index in [0.717, 1.165) is 18.1 Å². The largest absolute Gasteiger partial charge is 0.420 e. The maximum absolute atomic E-state index is 14.0. The van der Waals surface area contributed by atoms with Crippen molar-refractivity contribution in [3.05, 3.63) is 52.8 Å². The number of halogens is 1. The summed E-state index contributed by atoms with van der Waals surface area (Å²) in [6.07, 6.45) is 1.39. The van der Waals surface area contributed by atoms with E-state index in [2.05, 4.69) is 10.2 Å². The summed E-state index contributed by atoms with van der Waals surface area (Å²) in [5.74, 6) is -0.104. The molecule has 0 radical (unpaired) electrons. The Labute approximate surface area is 154 Å². The number of hydrogen-bond acceptors (Lipinski definition) is 6. The van der Waals surface area contributed by atoms with Crippen LogP contribution in [0.15, 0.2) is 50.4 Å². The van der Waals surface area contributed by atoms with Gasteiger partial charge in [0, 0.05) is 24.0 Å². The van der Waals surface area contributed by atoms with Crippen molar-refractivity contribution in [1.29, 1.82) is 0 Å². The van der Waals surface area contributed by atoms with Gasteiger partial charge in [-0.25, -0.2) is 12.8 Å². The Hall–Kier alpha value is -2.10. The fraction of sp³-hybridized carbons (Fsp3) is 0.294. The van der Waals surface area contributed by atoms with E-state index < -0.39 is 15.8 Å². The van der Waals surface area contributed by atoms with E-state index in [9.17, 15) is 12.8 Å². The molecular weight excluding hydrogens is 377 g/mol. The molecule has 0 saturated carbocycles. The summed E-state index contributed by atoms with van der Waals surface area (Å²) in [5, 5.41) is 12.0. The maximum Gasteiger partial charge on any atom is 0.248 e. The number of sulfonamides is 1. The van der Waals surface area contributed by atoms with Crippen LogP contribution < -0.4 is 0 Å². The molecule has 0 aliphatic carbocycles. The Morgan fingerprint density at radius 3 is 2.85 bits per heavy atom. The molecule has 0 unspecified atom stereocenters. The van der Waals surface area contributed by atoms with Gasteiger partial charge >= 0.3 is 0 Å². The lowest BCUT2D eigenvalue weighted by molar-refractivity contribution is 0.285. The molecule has 1 saturated heterocycles. The van der Waals surface area contributed by atoms with E-state index in [0.29, 0.717) is 24.7 Å². The van der Waals surface area contributed by atoms with Crippen molar-refractivity contribution in [3.8, 4) is 11.5 Å². The molecule has 0 N–H and O–H groups in total. The summed E-state index contributed by atoms with van der Waals surface area (Å²) < 4.78 is 46.6. The van der Waals surface area contributed by atoms with Crippen LogP contribution in [0, 0.1) is 5.82 Å². The number of benzene rings is 1. The first-order valence-corrected chi connectivity index (χ1v) is 10.5. The van der Waals surface area contributed by atoms with E-state index in [1.807, 2.05) is 16.8 Å². The number of aromatic nitrogens is 2. The second-order valence-electron chi connectivity index (χ2n) is 6.09. The van der Waals surface area contributed by atoms with Gasteiger partial charge in [-0.05, 0) is 36.4 Å². The minimum atomic E-state index is -3.90. The molecule has 2 aromatic heterocycles. The number of hydrogen-bond donors (Lipinski definition) is 0. The van der Waals surface area contributed by atoms with Crippen LogP contribution in [0.4, 0.5) is 4.39 Å². The zero-order chi connectivity index (χ0) is 18.1. The van der Waals surface area contributed by atoms with Crippen LogP contribution in [0.1, 0.15) is 24.7 Å². The van der Waals surface area contributed by atoms with Crippen LogP contribution in [0.3, 0.4) is 0 Å². The van der Waals surface area contributed by atoms with Gasteiger partial charge in [-0.2, -0.15) is 15.6 Å². The molecule has 1 aromatic carbocycles. The van der Waals surface area contributed by atoms with Gasteiger partial charge in [0.25, 0.3) is 0 Å². The zero-order valence-electron chi connectivity index (χ0n) is 13.7. The van der Waals surface area contributed by atoms with E-state index in [-0.39, 0.29) is 17.4 Å². The molecule has 1 aliphatic heterocycles. The zero-order valence-corrected chi connectivity index (χ0v) is 15.3. The Bertz CT molecular complexity index is 1000. The van der Waals surface area contributed by atoms with Crippen molar-refractivity contribution in [1.82, 2.24) is 14.5 Å². The lowest BCUT2D eigenvalue weighted by atomic mass is 10.00. The maximum atomic E-state index is 14.0. The van der Waals surface area contributed by atoms with E-state index in [1.54, 1.807) is 0 Å². The predicted molar refractivity (Wildman–Crippen MR) is 94.7 cm³/mol. The molecule has 1 fully saturated rings. The Morgan fingerprint density at radius 1 is 1.23 bits per heavy atom. The second kappa shape index (κ2) is 6.90. The minimum Gasteiger partial charge on any atom is -0.420 e. The fourth-order valence-electron chi connectivity index (χ4n) is 3.06. The summed E-state index contributed by atoms with van der Waals surface area (Å²) in [5.41, 5.74) is 0.848. The van der Waals surface area contributed by atoms with Gasteiger partial charge in [0.05, 0.1) is 5.92 Å². The number of nitrogens with zero attached hydrogens (tertiary/aromatic N) is 3. The number of rotatable bonds is 4. The smallest absolute Gasteiger partial charge is 0.248 e. The summed E-state index contributed by atoms with van der Waals surface area (Å²) in [6.45, 7) is 0.542. The molecule has 1 atom stereocenters. The quantitative estimate of drug-likeness (QED) is 0.678. The summed E-state index contributed by atoms with van der Waals surface area (Å²) in [6, 6.07) is 7.31. The van der Waals surface area contributed by atoms with Gasteiger partial charge in [0.15, 0.2) is 0 Å². The summed E-state index contributed by atoms with van der Waals surface area (Å²) >= 11 is 1.53. The van der Waals surface area contributed by atoms with Gasteiger partial charge in [-0.1, -0.05) is 12.1 Å². The molecule has 9 heteroatoms. The van der Waals surface area contributed by atoms with Crippen molar-refractivity contribution >= 4 is 21.4 Å². The minimum absolute atomic E-state index is 0.196. The van der Waals surface area contributed by atoms with Crippen LogP contribution in [0.2, 0.25) is 0 Å². The first-order chi connectivity index (χ1) is 12.6. The van der Waals surface area contributed by atoms with Gasteiger partial charge in [0.1, 0.15) is 10.7 Å². The first-order valence-electron chi connectivity index (χ1n) is 8.16. The molecule has 1 aliphatic rings. The average molecular weight is 393 g/mol. The highest BCUT2D eigenvalue weighted by atomic mass is 32.2. The highest BCUT2D eigenvalue weighted by Crippen LogP contribution is 2.32. The number of piperidine rings is 1. The van der Waals surface area contributed by atoms with E-state index in [4.69, 9.17) is 4.42 Å². The molecule has 3 aromatic rings. The normalized spacial score (nSPS) is 18.9. The monoisotopic (exact) mass is 393 g/mol. The van der Waals surface area contributed by atoms with Crippen molar-refractivity contribution in [2.24, 2.45) is 0 Å². The first kappa shape index (κ1) is 17.3. The summed E-state index contributed by atoms with van der Waals surface area (Å²) in [7, 11) is -3.90. The van der Waals surface area contributed by atoms with Crippen LogP contribution in [-0.4, -0.2) is 36.0 Å². The van der Waals surface area contributed by atoms with Gasteiger partial charge < -0.3 is 4.42 Å². The highest BCUT2D eigenvalue weighted by Gasteiger charge is 2.34. The third-order valence-corrected chi connectivity index (χ3v) is 6.98. The molecule has 3 heterocycles. The van der Waals surface area contributed by atoms with Crippen molar-refractivity contribution in [3.63, 3.8) is 0 Å². The molecular formula is C17H16FN3O3S2. The van der Waals surface area contributed by atoms with Crippen LogP contribution in [-0.2, 0) is 10.0 Å². The Morgan fingerprint density at radius 2 is 2.08 bits per heavy atom. The Kier molecular flexibility index (Phi) is 4.60. The third-order valence-electron chi connectivity index (χ3n) is 4.40. The topological polar surface area (TPSA) is 76.3 Å². The predicted octanol–water partition coefficient (Wildman–Crippen LogP) is 3.51. The molecule has 0 amide bonds. The SMILES string of the molecule is O=S(=O)(c1ccccc1F)N1CCC[C@H](c2nnc(-c3ccsc3)o2)C1. The fourth-order valence-corrected chi connectivity index (χ4v) is 5.28. The molecule has 136 valence electrons. The third kappa shape index (κ3) is 3.17. The second-order valence-corrected chi connectivity index (χ2v) is 8.78. The Balaban J connectivity index is 1.57. The van der Waals surface area contributed by atoms with Gasteiger partial charge in [-0.15, -0.1) is 10.2 Å². The average Bonchev–Trinajstić information content (AvgIpc) is 3.33. The molecule has 26 heavy (non-hydrogen) atoms. The van der Waals surface area contributed by atoms with Crippen LogP contribution in [0.5, 0.6) is 0 Å². The molecule has 0 spiro atoms. The van der Waals surface area contributed by atoms with Gasteiger partial charge in [0.2, 0.25) is 21.8 Å². The molecule has 4 rings (SSSR count). The molecule has 6 nitrogen and oxygen atoms in total.